The first-order valence-electron chi connectivity index (χ1n) is 5.56. The van der Waals surface area contributed by atoms with Crippen molar-refractivity contribution in [3.05, 3.63) is 6.33 Å². The fourth-order valence-corrected chi connectivity index (χ4v) is 3.68. The lowest BCUT2D eigenvalue weighted by Gasteiger charge is -2.32. The maximum atomic E-state index is 9.64. The first-order chi connectivity index (χ1) is 7.80. The number of thioether (sulfide) groups is 1. The third-order valence-corrected chi connectivity index (χ3v) is 5.01. The molecule has 0 bridgehead atoms. The van der Waals surface area contributed by atoms with Crippen molar-refractivity contribution in [2.45, 2.75) is 29.6 Å². The molecule has 1 heterocycles. The summed E-state index contributed by atoms with van der Waals surface area (Å²) in [4.78, 5) is 4.15. The average Bonchev–Trinajstić information content (AvgIpc) is 3.03. The van der Waals surface area contributed by atoms with Gasteiger partial charge in [0.15, 0.2) is 4.34 Å². The molecule has 2 N–H and O–H groups in total. The van der Waals surface area contributed by atoms with Crippen LogP contribution in [-0.2, 0) is 0 Å². The van der Waals surface area contributed by atoms with Crippen molar-refractivity contribution >= 4 is 23.3 Å². The topological polar surface area (TPSA) is 58.0 Å². The summed E-state index contributed by atoms with van der Waals surface area (Å²) in [6.45, 7) is 3.19. The smallest absolute Gasteiger partial charge is 0.169 e. The van der Waals surface area contributed by atoms with Gasteiger partial charge in [-0.05, 0) is 36.8 Å². The molecule has 6 heteroatoms. The van der Waals surface area contributed by atoms with E-state index in [1.807, 2.05) is 0 Å². The molecule has 0 radical (unpaired) electrons. The van der Waals surface area contributed by atoms with Crippen LogP contribution >= 0.6 is 23.3 Å². The van der Waals surface area contributed by atoms with Gasteiger partial charge in [-0.25, -0.2) is 4.98 Å². The predicted octanol–water partition coefficient (Wildman–Crippen LogP) is 1.38. The Morgan fingerprint density at radius 3 is 3.00 bits per heavy atom. The largest absolute Gasteiger partial charge is 0.394 e. The quantitative estimate of drug-likeness (QED) is 0.725. The zero-order valence-electron chi connectivity index (χ0n) is 9.35. The molecule has 90 valence electrons. The molecule has 0 aromatic carbocycles. The Morgan fingerprint density at radius 1 is 1.69 bits per heavy atom. The lowest BCUT2D eigenvalue weighted by atomic mass is 9.97. The predicted molar refractivity (Wildman–Crippen MR) is 66.9 cm³/mol. The van der Waals surface area contributed by atoms with E-state index in [9.17, 15) is 5.11 Å². The minimum absolute atomic E-state index is 0.120. The highest BCUT2D eigenvalue weighted by Crippen LogP contribution is 2.42. The Kier molecular flexibility index (Phi) is 4.18. The van der Waals surface area contributed by atoms with Crippen LogP contribution in [0.25, 0.3) is 0 Å². The first-order valence-corrected chi connectivity index (χ1v) is 7.32. The summed E-state index contributed by atoms with van der Waals surface area (Å²) in [5.74, 6) is 1.50. The van der Waals surface area contributed by atoms with Crippen LogP contribution in [0.4, 0.5) is 0 Å². The van der Waals surface area contributed by atoms with Crippen molar-refractivity contribution in [1.29, 1.82) is 0 Å². The van der Waals surface area contributed by atoms with Crippen molar-refractivity contribution in [2.24, 2.45) is 5.92 Å². The van der Waals surface area contributed by atoms with Crippen LogP contribution in [0.2, 0.25) is 0 Å². The van der Waals surface area contributed by atoms with Gasteiger partial charge in [-0.3, -0.25) is 0 Å². The van der Waals surface area contributed by atoms with E-state index in [1.165, 1.54) is 24.4 Å². The molecule has 0 amide bonds. The Labute approximate surface area is 104 Å². The molecule has 16 heavy (non-hydrogen) atoms. The van der Waals surface area contributed by atoms with Crippen LogP contribution < -0.4 is 5.32 Å². The maximum absolute atomic E-state index is 9.64. The Hall–Kier alpha value is -0.170. The van der Waals surface area contributed by atoms with Crippen LogP contribution in [0.15, 0.2) is 10.7 Å². The molecule has 0 saturated heterocycles. The van der Waals surface area contributed by atoms with Crippen LogP contribution in [0, 0.1) is 5.92 Å². The van der Waals surface area contributed by atoms with E-state index in [1.54, 1.807) is 18.1 Å². The second-order valence-corrected chi connectivity index (χ2v) is 6.12. The molecule has 1 unspecified atom stereocenters. The summed E-state index contributed by atoms with van der Waals surface area (Å²) < 4.78 is 4.96. The number of nitrogens with one attached hydrogen (secondary N) is 1. The fraction of sp³-hybridized carbons (Fsp3) is 0.800. The third kappa shape index (κ3) is 2.74. The zero-order valence-corrected chi connectivity index (χ0v) is 11.0. The summed E-state index contributed by atoms with van der Waals surface area (Å²) >= 11 is 3.11. The van der Waals surface area contributed by atoms with Gasteiger partial charge in [-0.1, -0.05) is 18.7 Å². The summed E-state index contributed by atoms with van der Waals surface area (Å²) in [6, 6.07) is 0. The van der Waals surface area contributed by atoms with E-state index in [0.29, 0.717) is 5.92 Å². The molecule has 1 saturated carbocycles. The lowest BCUT2D eigenvalue weighted by Crippen LogP contribution is -2.52. The van der Waals surface area contributed by atoms with Gasteiger partial charge in [0, 0.05) is 5.75 Å². The molecule has 1 atom stereocenters. The number of aliphatic hydroxyl groups excluding tert-OH is 1. The molecule has 1 aromatic rings. The number of aromatic nitrogens is 2. The molecule has 2 rings (SSSR count). The molecule has 0 aliphatic heterocycles. The summed E-state index contributed by atoms with van der Waals surface area (Å²) in [7, 11) is 0. The zero-order chi connectivity index (χ0) is 11.4. The van der Waals surface area contributed by atoms with Gasteiger partial charge < -0.3 is 10.4 Å². The van der Waals surface area contributed by atoms with Crippen LogP contribution in [0.1, 0.15) is 19.8 Å². The van der Waals surface area contributed by atoms with Gasteiger partial charge in [0.25, 0.3) is 0 Å². The number of nitrogens with zero attached hydrogens (tertiary/aromatic N) is 2. The number of aliphatic hydroxyl groups is 1. The van der Waals surface area contributed by atoms with E-state index in [4.69, 9.17) is 0 Å². The van der Waals surface area contributed by atoms with E-state index in [0.717, 1.165) is 16.6 Å². The van der Waals surface area contributed by atoms with Gasteiger partial charge in [0.05, 0.1) is 12.1 Å². The fourth-order valence-electron chi connectivity index (χ4n) is 1.95. The first kappa shape index (κ1) is 12.3. The van der Waals surface area contributed by atoms with E-state index in [-0.39, 0.29) is 12.1 Å². The van der Waals surface area contributed by atoms with Crippen molar-refractivity contribution < 1.29 is 5.11 Å². The van der Waals surface area contributed by atoms with Crippen molar-refractivity contribution in [1.82, 2.24) is 14.7 Å². The van der Waals surface area contributed by atoms with Crippen molar-refractivity contribution in [3.8, 4) is 0 Å². The molecule has 0 spiro atoms. The van der Waals surface area contributed by atoms with Crippen LogP contribution in [0.3, 0.4) is 0 Å². The van der Waals surface area contributed by atoms with Crippen LogP contribution in [0.5, 0.6) is 0 Å². The van der Waals surface area contributed by atoms with E-state index in [2.05, 4.69) is 21.6 Å². The third-order valence-electron chi connectivity index (χ3n) is 2.96. The second kappa shape index (κ2) is 5.44. The molecule has 1 aliphatic carbocycles. The minimum Gasteiger partial charge on any atom is -0.394 e. The Balaban J connectivity index is 1.95. The molecular formula is C10H17N3OS2. The van der Waals surface area contributed by atoms with Gasteiger partial charge in [0.1, 0.15) is 6.33 Å². The van der Waals surface area contributed by atoms with Gasteiger partial charge >= 0.3 is 0 Å². The van der Waals surface area contributed by atoms with Crippen molar-refractivity contribution in [3.63, 3.8) is 0 Å². The van der Waals surface area contributed by atoms with Gasteiger partial charge in [0.2, 0.25) is 0 Å². The summed E-state index contributed by atoms with van der Waals surface area (Å²) in [5.41, 5.74) is -0.120. The highest BCUT2D eigenvalue weighted by Gasteiger charge is 2.44. The molecule has 1 aliphatic rings. The Bertz CT molecular complexity index is 316. The van der Waals surface area contributed by atoms with E-state index >= 15 is 0 Å². The monoisotopic (exact) mass is 259 g/mol. The molecule has 4 nitrogen and oxygen atoms in total. The number of likely N-dealkylation sites (N-methyl/N-ethyl adjacent to an activating group) is 1. The average molecular weight is 259 g/mol. The number of hydrogen-bond donors (Lipinski definition) is 2. The number of rotatable bonds is 7. The van der Waals surface area contributed by atoms with Gasteiger partial charge in [-0.15, -0.1) is 0 Å². The number of hydrogen-bond acceptors (Lipinski definition) is 6. The molecule has 1 fully saturated rings. The van der Waals surface area contributed by atoms with Crippen LogP contribution in [-0.4, -0.2) is 38.9 Å². The SMILES string of the molecule is CCNC(CO)(CSc1ncns1)C1CC1. The normalized spacial score (nSPS) is 19.6. The highest BCUT2D eigenvalue weighted by molar-refractivity contribution is 8.01. The Morgan fingerprint density at radius 2 is 2.50 bits per heavy atom. The second-order valence-electron chi connectivity index (χ2n) is 4.11. The van der Waals surface area contributed by atoms with Gasteiger partial charge in [-0.2, -0.15) is 4.37 Å². The minimum atomic E-state index is -0.120. The van der Waals surface area contributed by atoms with Crippen molar-refractivity contribution in [2.75, 3.05) is 18.9 Å². The maximum Gasteiger partial charge on any atom is 0.169 e. The lowest BCUT2D eigenvalue weighted by molar-refractivity contribution is 0.161. The molecular weight excluding hydrogens is 242 g/mol. The summed E-state index contributed by atoms with van der Waals surface area (Å²) in [6.07, 6.45) is 4.03. The van der Waals surface area contributed by atoms with E-state index < -0.39 is 0 Å². The highest BCUT2D eigenvalue weighted by atomic mass is 32.2. The summed E-state index contributed by atoms with van der Waals surface area (Å²) in [5, 5.41) is 13.1. The molecule has 1 aromatic heterocycles. The standard InChI is InChI=1S/C10H17N3OS2/c1-2-12-10(5-14,8-3-4-8)6-15-9-11-7-13-16-9/h7-8,12,14H,2-6H2,1H3.